The molecule has 4 rings (SSSR count). The summed E-state index contributed by atoms with van der Waals surface area (Å²) >= 11 is 0. The number of fused-ring (bicyclic) bond motifs is 1. The molecule has 1 aliphatic heterocycles. The summed E-state index contributed by atoms with van der Waals surface area (Å²) in [6.45, 7) is 5.50. The van der Waals surface area contributed by atoms with Gasteiger partial charge in [-0.2, -0.15) is 5.26 Å². The maximum atomic E-state index is 12.7. The van der Waals surface area contributed by atoms with E-state index in [-0.39, 0.29) is 11.9 Å². The molecule has 0 aliphatic carbocycles. The second-order valence-corrected chi connectivity index (χ2v) is 7.77. The van der Waals surface area contributed by atoms with Crippen LogP contribution in [0.5, 0.6) is 0 Å². The number of nitrogens with zero attached hydrogens (tertiary/aromatic N) is 5. The van der Waals surface area contributed by atoms with Gasteiger partial charge in [0.05, 0.1) is 24.2 Å². The molecule has 0 spiro atoms. The van der Waals surface area contributed by atoms with Crippen LogP contribution >= 0.6 is 0 Å². The number of benzene rings is 1. The van der Waals surface area contributed by atoms with Crippen molar-refractivity contribution >= 4 is 29.8 Å². The maximum Gasteiger partial charge on any atom is 0.251 e. The van der Waals surface area contributed by atoms with E-state index in [4.69, 9.17) is 9.68 Å². The number of furan rings is 1. The molecule has 8 heteroatoms. The Balaban J connectivity index is 1.29. The topological polar surface area (TPSA) is 107 Å². The average molecular weight is 441 g/mol. The van der Waals surface area contributed by atoms with Crippen molar-refractivity contribution in [3.05, 3.63) is 66.2 Å². The third kappa shape index (κ3) is 5.40. The molecule has 33 heavy (non-hydrogen) atoms. The zero-order chi connectivity index (χ0) is 23.0. The standard InChI is InChI=1S/C25H24N6O2/c1-27-15-18(14-26)16-28-17-31-11-7-21(8-12-31)30-25(32)20-4-2-19(3-5-20)24-22-9-13-33-23(22)6-10-29-24/h2-6,9-10,13,15-16,21H,1,7-8,11-12,17H2,(H,30,32)/b18-15-,28-16-. The second kappa shape index (κ2) is 10.5. The molecule has 1 amide bonds. The number of likely N-dealkylation sites (tertiary alicyclic amines) is 1. The molecule has 2 aromatic heterocycles. The Hall–Kier alpha value is -4.09. The lowest BCUT2D eigenvalue weighted by Gasteiger charge is -2.31. The number of amides is 1. The fourth-order valence-electron chi connectivity index (χ4n) is 3.84. The van der Waals surface area contributed by atoms with E-state index in [0.717, 1.165) is 48.2 Å². The van der Waals surface area contributed by atoms with Gasteiger partial charge in [0.15, 0.2) is 0 Å². The smallest absolute Gasteiger partial charge is 0.251 e. The summed E-state index contributed by atoms with van der Waals surface area (Å²) in [5.74, 6) is -0.0757. The van der Waals surface area contributed by atoms with E-state index in [0.29, 0.717) is 17.8 Å². The number of hydrogen-bond acceptors (Lipinski definition) is 7. The number of rotatable bonds is 7. The number of allylic oxidation sites excluding steroid dienone is 1. The van der Waals surface area contributed by atoms with Crippen molar-refractivity contribution in [1.82, 2.24) is 15.2 Å². The first-order valence-electron chi connectivity index (χ1n) is 10.7. The molecule has 1 N–H and O–H groups in total. The van der Waals surface area contributed by atoms with Gasteiger partial charge >= 0.3 is 0 Å². The molecule has 166 valence electrons. The van der Waals surface area contributed by atoms with Gasteiger partial charge in [0.25, 0.3) is 5.91 Å². The van der Waals surface area contributed by atoms with Crippen LogP contribution in [0, 0.1) is 11.3 Å². The number of carbonyl (C=O) groups excluding carboxylic acids is 1. The molecule has 0 unspecified atom stereocenters. The minimum absolute atomic E-state index is 0.0757. The first kappa shape index (κ1) is 22.1. The van der Waals surface area contributed by atoms with Crippen LogP contribution in [0.2, 0.25) is 0 Å². The lowest BCUT2D eigenvalue weighted by molar-refractivity contribution is 0.0912. The Labute approximate surface area is 192 Å². The van der Waals surface area contributed by atoms with Crippen molar-refractivity contribution in [3.8, 4) is 17.3 Å². The molecule has 0 radical (unpaired) electrons. The molecule has 3 heterocycles. The van der Waals surface area contributed by atoms with Gasteiger partial charge in [-0.25, -0.2) is 0 Å². The average Bonchev–Trinajstić information content (AvgIpc) is 3.34. The maximum absolute atomic E-state index is 12.7. The van der Waals surface area contributed by atoms with Crippen LogP contribution in [0.25, 0.3) is 22.2 Å². The molecule has 1 fully saturated rings. The van der Waals surface area contributed by atoms with Crippen LogP contribution in [0.4, 0.5) is 0 Å². The fourth-order valence-corrected chi connectivity index (χ4v) is 3.84. The molecule has 8 nitrogen and oxygen atoms in total. The largest absolute Gasteiger partial charge is 0.464 e. The lowest BCUT2D eigenvalue weighted by atomic mass is 10.0. The van der Waals surface area contributed by atoms with E-state index >= 15 is 0 Å². The molecule has 3 aromatic rings. The molecule has 0 bridgehead atoms. The highest BCUT2D eigenvalue weighted by atomic mass is 16.3. The summed E-state index contributed by atoms with van der Waals surface area (Å²) in [6, 6.07) is 13.3. The van der Waals surface area contributed by atoms with Gasteiger partial charge in [-0.1, -0.05) is 12.1 Å². The summed E-state index contributed by atoms with van der Waals surface area (Å²) in [4.78, 5) is 27.3. The summed E-state index contributed by atoms with van der Waals surface area (Å²) in [6.07, 6.45) is 7.95. The van der Waals surface area contributed by atoms with E-state index in [2.05, 4.69) is 31.9 Å². The number of aliphatic imine (C=N–C) groups is 2. The van der Waals surface area contributed by atoms with Crippen molar-refractivity contribution in [2.45, 2.75) is 18.9 Å². The van der Waals surface area contributed by atoms with E-state index in [1.807, 2.05) is 42.5 Å². The van der Waals surface area contributed by atoms with Crippen molar-refractivity contribution in [2.24, 2.45) is 9.98 Å². The number of aromatic nitrogens is 1. The quantitative estimate of drug-likeness (QED) is 0.444. The van der Waals surface area contributed by atoms with E-state index < -0.39 is 0 Å². The number of piperidine rings is 1. The van der Waals surface area contributed by atoms with Gasteiger partial charge in [0.1, 0.15) is 11.7 Å². The Morgan fingerprint density at radius 2 is 2.06 bits per heavy atom. The molecule has 1 saturated heterocycles. The predicted octanol–water partition coefficient (Wildman–Crippen LogP) is 3.83. The van der Waals surface area contributed by atoms with Crippen LogP contribution < -0.4 is 5.32 Å². The van der Waals surface area contributed by atoms with Gasteiger partial charge in [-0.3, -0.25) is 24.7 Å². The van der Waals surface area contributed by atoms with Gasteiger partial charge in [0.2, 0.25) is 0 Å². The number of hydrogen-bond donors (Lipinski definition) is 1. The minimum atomic E-state index is -0.0757. The van der Waals surface area contributed by atoms with Crippen molar-refractivity contribution in [1.29, 1.82) is 5.26 Å². The summed E-state index contributed by atoms with van der Waals surface area (Å²) < 4.78 is 5.44. The van der Waals surface area contributed by atoms with Gasteiger partial charge in [-0.15, -0.1) is 0 Å². The molecule has 0 atom stereocenters. The van der Waals surface area contributed by atoms with Crippen LogP contribution in [-0.2, 0) is 0 Å². The highest BCUT2D eigenvalue weighted by Crippen LogP contribution is 2.27. The van der Waals surface area contributed by atoms with Crippen LogP contribution in [0.15, 0.2) is 75.0 Å². The minimum Gasteiger partial charge on any atom is -0.464 e. The molecular weight excluding hydrogens is 416 g/mol. The summed E-state index contributed by atoms with van der Waals surface area (Å²) in [7, 11) is 0. The number of nitriles is 1. The Bertz CT molecular complexity index is 1230. The number of carbonyl (C=O) groups is 1. The first-order valence-corrected chi connectivity index (χ1v) is 10.7. The third-order valence-electron chi connectivity index (χ3n) is 5.59. The lowest BCUT2D eigenvalue weighted by Crippen LogP contribution is -2.44. The monoisotopic (exact) mass is 440 g/mol. The summed E-state index contributed by atoms with van der Waals surface area (Å²) in [5.41, 5.74) is 3.55. The zero-order valence-electron chi connectivity index (χ0n) is 18.1. The zero-order valence-corrected chi connectivity index (χ0v) is 18.1. The van der Waals surface area contributed by atoms with Crippen LogP contribution in [-0.4, -0.2) is 54.5 Å². The van der Waals surface area contributed by atoms with Crippen molar-refractivity contribution in [3.63, 3.8) is 0 Å². The normalized spacial score (nSPS) is 15.5. The molecule has 1 aliphatic rings. The SMILES string of the molecule is C=N/C=C(C#N)\C=N/CN1CCC(NC(=O)c2ccc(-c3nccc4occc34)cc2)CC1. The Morgan fingerprint density at radius 3 is 2.79 bits per heavy atom. The first-order chi connectivity index (χ1) is 16.2. The summed E-state index contributed by atoms with van der Waals surface area (Å²) in [5, 5.41) is 13.0. The van der Waals surface area contributed by atoms with Gasteiger partial charge < -0.3 is 9.73 Å². The molecular formula is C25H24N6O2. The molecule has 1 aromatic carbocycles. The highest BCUT2D eigenvalue weighted by molar-refractivity contribution is 5.96. The third-order valence-corrected chi connectivity index (χ3v) is 5.59. The van der Waals surface area contributed by atoms with Crippen LogP contribution in [0.1, 0.15) is 23.2 Å². The van der Waals surface area contributed by atoms with E-state index in [9.17, 15) is 4.79 Å². The Morgan fingerprint density at radius 1 is 1.27 bits per heavy atom. The van der Waals surface area contributed by atoms with Crippen molar-refractivity contribution < 1.29 is 9.21 Å². The van der Waals surface area contributed by atoms with E-state index in [1.54, 1.807) is 12.5 Å². The number of nitrogens with one attached hydrogen (secondary N) is 1. The predicted molar refractivity (Wildman–Crippen MR) is 128 cm³/mol. The van der Waals surface area contributed by atoms with Gasteiger partial charge in [-0.05, 0) is 43.8 Å². The van der Waals surface area contributed by atoms with Crippen molar-refractivity contribution in [2.75, 3.05) is 19.8 Å². The second-order valence-electron chi connectivity index (χ2n) is 7.77. The van der Waals surface area contributed by atoms with Gasteiger partial charge in [0, 0.05) is 54.3 Å². The fraction of sp³-hybridized carbons (Fsp3) is 0.240. The molecule has 0 saturated carbocycles. The number of pyridine rings is 1. The van der Waals surface area contributed by atoms with Crippen LogP contribution in [0.3, 0.4) is 0 Å². The highest BCUT2D eigenvalue weighted by Gasteiger charge is 2.21. The van der Waals surface area contributed by atoms with E-state index in [1.165, 1.54) is 12.4 Å². The Kier molecular flexibility index (Phi) is 7.03.